The third-order valence-corrected chi connectivity index (χ3v) is 6.11. The molecule has 1 aliphatic rings. The largest absolute Gasteiger partial charge is 0.489 e. The van der Waals surface area contributed by atoms with E-state index in [0.29, 0.717) is 16.7 Å². The zero-order valence-electron chi connectivity index (χ0n) is 20.3. The van der Waals surface area contributed by atoms with Gasteiger partial charge in [0.15, 0.2) is 17.3 Å². The minimum absolute atomic E-state index is 0. The Morgan fingerprint density at radius 3 is 2.47 bits per heavy atom. The number of nitrogens with zero attached hydrogens (tertiary/aromatic N) is 5. The van der Waals surface area contributed by atoms with Crippen LogP contribution in [0.15, 0.2) is 42.6 Å². The molecular weight excluding hydrogens is 551 g/mol. The van der Waals surface area contributed by atoms with Crippen molar-refractivity contribution in [3.63, 3.8) is 0 Å². The minimum atomic E-state index is -4.65. The van der Waals surface area contributed by atoms with E-state index in [2.05, 4.69) is 15.2 Å². The van der Waals surface area contributed by atoms with E-state index in [9.17, 15) is 18.3 Å². The average molecular weight is 577 g/mol. The highest BCUT2D eigenvalue weighted by molar-refractivity contribution is 5.86. The van der Waals surface area contributed by atoms with Crippen LogP contribution >= 0.6 is 24.8 Å². The number of halogens is 6. The number of rotatable bonds is 5. The number of aromatic nitrogens is 4. The lowest BCUT2D eigenvalue weighted by molar-refractivity contribution is -0.184. The third kappa shape index (κ3) is 5.50. The first-order valence-corrected chi connectivity index (χ1v) is 11.4. The second-order valence-electron chi connectivity index (χ2n) is 9.16. The molecule has 1 aliphatic heterocycles. The summed E-state index contributed by atoms with van der Waals surface area (Å²) in [4.78, 5) is 5.52. The monoisotopic (exact) mass is 576 g/mol. The second-order valence-corrected chi connectivity index (χ2v) is 9.16. The van der Waals surface area contributed by atoms with Gasteiger partial charge in [0.2, 0.25) is 0 Å². The number of aliphatic hydroxyl groups excluding tert-OH is 1. The fourth-order valence-corrected chi connectivity index (χ4v) is 4.54. The van der Waals surface area contributed by atoms with E-state index in [4.69, 9.17) is 10.5 Å². The molecule has 206 valence electrons. The summed E-state index contributed by atoms with van der Waals surface area (Å²) in [5, 5.41) is 18.5. The standard InChI is InChI=1S/C24H24F4N6O2.2ClH/c1-12(2)36-18-5-3-4-13-8-15(25)21(30-20(13)18)23-32-31-19-7-6-14(9-34(19)23)22(24(26,27)28)33-10-16(29)17(35)11-33;;/h3-9,12,16-17,22,35H,10-11,29H2,1-2H3;2*1H/t16-,17-,22-;;/m1../s1. The molecule has 0 bridgehead atoms. The van der Waals surface area contributed by atoms with Gasteiger partial charge in [-0.05, 0) is 37.6 Å². The van der Waals surface area contributed by atoms with E-state index < -0.39 is 30.2 Å². The van der Waals surface area contributed by atoms with Crippen molar-refractivity contribution in [3.8, 4) is 17.3 Å². The SMILES string of the molecule is CC(C)Oc1cccc2cc(F)c(-c3nnc4ccc([C@@H](N5C[C@@H](N)[C@H](O)C5)C(F)(F)F)cn34)nc12.Cl.Cl. The molecule has 3 N–H and O–H groups in total. The first-order valence-electron chi connectivity index (χ1n) is 11.4. The normalized spacial score (nSPS) is 19.0. The van der Waals surface area contributed by atoms with Crippen LogP contribution < -0.4 is 10.5 Å². The molecule has 3 atom stereocenters. The molecule has 1 aromatic carbocycles. The van der Waals surface area contributed by atoms with E-state index in [1.54, 1.807) is 18.2 Å². The van der Waals surface area contributed by atoms with E-state index in [-0.39, 0.29) is 66.7 Å². The number of alkyl halides is 3. The Kier molecular flexibility index (Phi) is 8.74. The van der Waals surface area contributed by atoms with Gasteiger partial charge in [-0.3, -0.25) is 9.30 Å². The topological polar surface area (TPSA) is 102 Å². The lowest BCUT2D eigenvalue weighted by atomic mass is 10.1. The summed E-state index contributed by atoms with van der Waals surface area (Å²) >= 11 is 0. The number of benzene rings is 1. The number of hydrogen-bond acceptors (Lipinski definition) is 7. The van der Waals surface area contributed by atoms with Gasteiger partial charge in [-0.25, -0.2) is 9.37 Å². The Bertz CT molecular complexity index is 1420. The van der Waals surface area contributed by atoms with Gasteiger partial charge in [0.05, 0.1) is 12.2 Å². The fraction of sp³-hybridized carbons (Fsp3) is 0.375. The smallest absolute Gasteiger partial charge is 0.408 e. The number of hydrogen-bond donors (Lipinski definition) is 2. The van der Waals surface area contributed by atoms with Crippen LogP contribution in [0.1, 0.15) is 25.5 Å². The van der Waals surface area contributed by atoms with Crippen LogP contribution in [0.4, 0.5) is 17.6 Å². The zero-order chi connectivity index (χ0) is 25.8. The molecule has 8 nitrogen and oxygen atoms in total. The number of fused-ring (bicyclic) bond motifs is 2. The molecule has 0 amide bonds. The molecule has 0 aliphatic carbocycles. The van der Waals surface area contributed by atoms with Gasteiger partial charge in [0.25, 0.3) is 0 Å². The van der Waals surface area contributed by atoms with Crippen molar-refractivity contribution in [2.45, 2.75) is 44.3 Å². The number of nitrogens with two attached hydrogens (primary N) is 1. The Morgan fingerprint density at radius 2 is 1.84 bits per heavy atom. The fourth-order valence-electron chi connectivity index (χ4n) is 4.54. The van der Waals surface area contributed by atoms with Crippen molar-refractivity contribution in [1.82, 2.24) is 24.5 Å². The highest BCUT2D eigenvalue weighted by atomic mass is 35.5. The van der Waals surface area contributed by atoms with Crippen molar-refractivity contribution in [2.24, 2.45) is 5.73 Å². The Morgan fingerprint density at radius 1 is 1.11 bits per heavy atom. The summed E-state index contributed by atoms with van der Waals surface area (Å²) < 4.78 is 64.7. The van der Waals surface area contributed by atoms with Crippen molar-refractivity contribution >= 4 is 41.4 Å². The number of likely N-dealkylation sites (tertiary alicyclic amines) is 1. The predicted octanol–water partition coefficient (Wildman–Crippen LogP) is 4.32. The number of aliphatic hydroxyl groups is 1. The maximum absolute atomic E-state index is 15.2. The molecule has 0 unspecified atom stereocenters. The summed E-state index contributed by atoms with van der Waals surface area (Å²) in [6, 6.07) is 6.25. The molecule has 0 spiro atoms. The lowest BCUT2D eigenvalue weighted by Crippen LogP contribution is -2.38. The molecule has 5 rings (SSSR count). The minimum Gasteiger partial charge on any atom is -0.489 e. The molecule has 3 aromatic heterocycles. The number of para-hydroxylation sites is 1. The van der Waals surface area contributed by atoms with Crippen LogP contribution in [0.5, 0.6) is 5.75 Å². The lowest BCUT2D eigenvalue weighted by Gasteiger charge is -2.29. The summed E-state index contributed by atoms with van der Waals surface area (Å²) in [5.41, 5.74) is 6.08. The van der Waals surface area contributed by atoms with E-state index in [1.807, 2.05) is 13.8 Å². The van der Waals surface area contributed by atoms with Crippen LogP contribution in [0.2, 0.25) is 0 Å². The van der Waals surface area contributed by atoms with Crippen molar-refractivity contribution in [1.29, 1.82) is 0 Å². The molecule has 1 fully saturated rings. The molecule has 4 heterocycles. The summed E-state index contributed by atoms with van der Waals surface area (Å²) in [7, 11) is 0. The zero-order valence-corrected chi connectivity index (χ0v) is 21.9. The van der Waals surface area contributed by atoms with E-state index >= 15 is 4.39 Å². The van der Waals surface area contributed by atoms with E-state index in [0.717, 1.165) is 4.90 Å². The van der Waals surface area contributed by atoms with Crippen molar-refractivity contribution in [3.05, 3.63) is 54.0 Å². The molecular formula is C24H26Cl2F4N6O2. The predicted molar refractivity (Wildman–Crippen MR) is 138 cm³/mol. The first-order chi connectivity index (χ1) is 17.0. The maximum atomic E-state index is 15.2. The van der Waals surface area contributed by atoms with Crippen LogP contribution in [0, 0.1) is 5.82 Å². The van der Waals surface area contributed by atoms with Crippen LogP contribution in [0.25, 0.3) is 28.1 Å². The molecule has 0 saturated carbocycles. The van der Waals surface area contributed by atoms with Gasteiger partial charge < -0.3 is 15.6 Å². The van der Waals surface area contributed by atoms with Gasteiger partial charge in [0, 0.05) is 30.7 Å². The number of ether oxygens (including phenoxy) is 1. The van der Waals surface area contributed by atoms with Crippen LogP contribution in [-0.4, -0.2) is 67.1 Å². The van der Waals surface area contributed by atoms with Gasteiger partial charge in [0.1, 0.15) is 23.0 Å². The van der Waals surface area contributed by atoms with Gasteiger partial charge >= 0.3 is 6.18 Å². The van der Waals surface area contributed by atoms with E-state index in [1.165, 1.54) is 28.8 Å². The first kappa shape index (κ1) is 29.8. The summed E-state index contributed by atoms with van der Waals surface area (Å²) in [6.07, 6.45) is -4.65. The molecule has 4 aromatic rings. The van der Waals surface area contributed by atoms with Crippen LogP contribution in [-0.2, 0) is 0 Å². The summed E-state index contributed by atoms with van der Waals surface area (Å²) in [5.74, 6) is -0.311. The Balaban J connectivity index is 0.00000200. The summed E-state index contributed by atoms with van der Waals surface area (Å²) in [6.45, 7) is 3.34. The molecule has 38 heavy (non-hydrogen) atoms. The van der Waals surface area contributed by atoms with Gasteiger partial charge in [-0.15, -0.1) is 35.0 Å². The van der Waals surface area contributed by atoms with Gasteiger partial charge in [-0.1, -0.05) is 18.2 Å². The Hall–Kier alpha value is -2.77. The number of pyridine rings is 2. The quantitative estimate of drug-likeness (QED) is 0.341. The van der Waals surface area contributed by atoms with Gasteiger partial charge in [-0.2, -0.15) is 13.2 Å². The molecule has 0 radical (unpaired) electrons. The maximum Gasteiger partial charge on any atom is 0.408 e. The third-order valence-electron chi connectivity index (χ3n) is 6.11. The van der Waals surface area contributed by atoms with Crippen molar-refractivity contribution in [2.75, 3.05) is 13.1 Å². The highest BCUT2D eigenvalue weighted by Crippen LogP contribution is 2.40. The molecule has 1 saturated heterocycles. The van der Waals surface area contributed by atoms with Crippen LogP contribution in [0.3, 0.4) is 0 Å². The molecule has 14 heteroatoms. The number of β-amino-alcohol motifs (C(OH)–C–C–N with tert-alkyl or cyclic N) is 1. The van der Waals surface area contributed by atoms with Crippen molar-refractivity contribution < 1.29 is 27.4 Å². The Labute approximate surface area is 227 Å². The average Bonchev–Trinajstić information content (AvgIpc) is 3.34. The second kappa shape index (κ2) is 11.1. The highest BCUT2D eigenvalue weighted by Gasteiger charge is 2.48.